The predicted molar refractivity (Wildman–Crippen MR) is 85.6 cm³/mol. The monoisotopic (exact) mass is 299 g/mol. The molecule has 0 unspecified atom stereocenters. The van der Waals surface area contributed by atoms with Gasteiger partial charge in [0.25, 0.3) is 0 Å². The fourth-order valence-electron chi connectivity index (χ4n) is 2.83. The van der Waals surface area contributed by atoms with Crippen molar-refractivity contribution in [3.63, 3.8) is 0 Å². The van der Waals surface area contributed by atoms with Gasteiger partial charge in [-0.25, -0.2) is 9.97 Å². The summed E-state index contributed by atoms with van der Waals surface area (Å²) in [6, 6.07) is 2.17. The molecule has 0 aliphatic heterocycles. The van der Waals surface area contributed by atoms with Crippen molar-refractivity contribution in [3.05, 3.63) is 29.5 Å². The number of nitrogens with one attached hydrogen (secondary N) is 1. The van der Waals surface area contributed by atoms with E-state index in [2.05, 4.69) is 32.4 Å². The fourth-order valence-corrected chi connectivity index (χ4v) is 2.83. The molecule has 0 aromatic carbocycles. The first-order chi connectivity index (χ1) is 10.5. The number of rotatable bonds is 4. The Balaban J connectivity index is 2.08. The van der Waals surface area contributed by atoms with Crippen molar-refractivity contribution in [1.82, 2.24) is 29.5 Å². The first-order valence-corrected chi connectivity index (χ1v) is 7.43. The number of aromatic nitrogens is 6. The van der Waals surface area contributed by atoms with Crippen LogP contribution in [0.25, 0.3) is 11.0 Å². The van der Waals surface area contributed by atoms with Gasteiger partial charge in [-0.3, -0.25) is 9.36 Å². The standard InChI is InChI=1S/C15H21N7/c1-6-11(12-7-8-16-21(12)4)19-14-13-9(2)20-22(5)15(13)18-10(3)17-14/h7-8,11H,6H2,1-5H3,(H,17,18,19)/t11-/m0/s1. The molecule has 0 aliphatic rings. The van der Waals surface area contributed by atoms with Gasteiger partial charge in [0.15, 0.2) is 5.65 Å². The lowest BCUT2D eigenvalue weighted by molar-refractivity contribution is 0.632. The molecule has 1 N–H and O–H groups in total. The second-order valence-corrected chi connectivity index (χ2v) is 5.51. The van der Waals surface area contributed by atoms with Gasteiger partial charge in [-0.15, -0.1) is 0 Å². The van der Waals surface area contributed by atoms with Gasteiger partial charge >= 0.3 is 0 Å². The predicted octanol–water partition coefficient (Wildman–Crippen LogP) is 2.28. The van der Waals surface area contributed by atoms with E-state index in [1.54, 1.807) is 4.68 Å². The van der Waals surface area contributed by atoms with Crippen molar-refractivity contribution < 1.29 is 0 Å². The molecule has 0 aliphatic carbocycles. The molecule has 3 rings (SSSR count). The van der Waals surface area contributed by atoms with Crippen LogP contribution in [0.15, 0.2) is 12.3 Å². The van der Waals surface area contributed by atoms with E-state index >= 15 is 0 Å². The molecule has 7 heteroatoms. The Morgan fingerprint density at radius 1 is 1.18 bits per heavy atom. The number of hydrogen-bond acceptors (Lipinski definition) is 5. The van der Waals surface area contributed by atoms with Crippen LogP contribution in [-0.2, 0) is 14.1 Å². The molecule has 7 nitrogen and oxygen atoms in total. The second kappa shape index (κ2) is 5.40. The van der Waals surface area contributed by atoms with Crippen LogP contribution in [-0.4, -0.2) is 29.5 Å². The molecular weight excluding hydrogens is 278 g/mol. The normalized spacial score (nSPS) is 12.8. The van der Waals surface area contributed by atoms with Gasteiger partial charge in [0.2, 0.25) is 0 Å². The lowest BCUT2D eigenvalue weighted by Gasteiger charge is -2.18. The minimum absolute atomic E-state index is 0.143. The highest BCUT2D eigenvalue weighted by Gasteiger charge is 2.18. The van der Waals surface area contributed by atoms with E-state index in [1.165, 1.54) is 0 Å². The topological polar surface area (TPSA) is 73.5 Å². The van der Waals surface area contributed by atoms with Crippen molar-refractivity contribution in [2.75, 3.05) is 5.32 Å². The van der Waals surface area contributed by atoms with Gasteiger partial charge < -0.3 is 5.32 Å². The highest BCUT2D eigenvalue weighted by Crippen LogP contribution is 2.28. The van der Waals surface area contributed by atoms with Crippen molar-refractivity contribution in [3.8, 4) is 0 Å². The molecule has 0 bridgehead atoms. The Kier molecular flexibility index (Phi) is 3.56. The summed E-state index contributed by atoms with van der Waals surface area (Å²) < 4.78 is 3.69. The van der Waals surface area contributed by atoms with Crippen LogP contribution in [0, 0.1) is 13.8 Å². The molecule has 3 aromatic heterocycles. The Labute approximate surface area is 129 Å². The fraction of sp³-hybridized carbons (Fsp3) is 0.467. The summed E-state index contributed by atoms with van der Waals surface area (Å²) in [6.45, 7) is 6.03. The number of anilines is 1. The zero-order valence-corrected chi connectivity index (χ0v) is 13.6. The van der Waals surface area contributed by atoms with E-state index in [1.807, 2.05) is 44.9 Å². The molecule has 3 heterocycles. The number of fused-ring (bicyclic) bond motifs is 1. The summed E-state index contributed by atoms with van der Waals surface area (Å²) in [5.41, 5.74) is 2.92. The molecule has 3 aromatic rings. The SMILES string of the molecule is CC[C@H](Nc1nc(C)nc2c1c(C)nn2C)c1ccnn1C. The summed E-state index contributed by atoms with van der Waals surface area (Å²) in [4.78, 5) is 9.10. The van der Waals surface area contributed by atoms with E-state index in [4.69, 9.17) is 0 Å². The van der Waals surface area contributed by atoms with Crippen molar-refractivity contribution in [1.29, 1.82) is 0 Å². The minimum atomic E-state index is 0.143. The number of nitrogens with zero attached hydrogens (tertiary/aromatic N) is 6. The second-order valence-electron chi connectivity index (χ2n) is 5.51. The molecule has 0 radical (unpaired) electrons. The van der Waals surface area contributed by atoms with Gasteiger partial charge in [0, 0.05) is 20.3 Å². The summed E-state index contributed by atoms with van der Waals surface area (Å²) in [6.07, 6.45) is 2.75. The average molecular weight is 299 g/mol. The van der Waals surface area contributed by atoms with Crippen LogP contribution < -0.4 is 5.32 Å². The first kappa shape index (κ1) is 14.5. The zero-order valence-electron chi connectivity index (χ0n) is 13.6. The Bertz CT molecular complexity index is 815. The molecule has 22 heavy (non-hydrogen) atoms. The molecule has 0 fully saturated rings. The smallest absolute Gasteiger partial charge is 0.163 e. The molecule has 0 saturated carbocycles. The van der Waals surface area contributed by atoms with E-state index < -0.39 is 0 Å². The summed E-state index contributed by atoms with van der Waals surface area (Å²) in [7, 11) is 3.86. The van der Waals surface area contributed by atoms with Crippen LogP contribution in [0.2, 0.25) is 0 Å². The van der Waals surface area contributed by atoms with E-state index in [9.17, 15) is 0 Å². The van der Waals surface area contributed by atoms with Crippen molar-refractivity contribution in [2.45, 2.75) is 33.2 Å². The maximum Gasteiger partial charge on any atom is 0.163 e. The Morgan fingerprint density at radius 2 is 1.95 bits per heavy atom. The average Bonchev–Trinajstić information content (AvgIpc) is 3.00. The van der Waals surface area contributed by atoms with E-state index in [0.717, 1.165) is 40.5 Å². The number of aryl methyl sites for hydroxylation is 4. The molecule has 1 atom stereocenters. The summed E-state index contributed by atoms with van der Waals surface area (Å²) >= 11 is 0. The molecule has 0 spiro atoms. The van der Waals surface area contributed by atoms with Crippen LogP contribution in [0.4, 0.5) is 5.82 Å². The quantitative estimate of drug-likeness (QED) is 0.800. The van der Waals surface area contributed by atoms with Crippen LogP contribution in [0.5, 0.6) is 0 Å². The third kappa shape index (κ3) is 2.32. The molecule has 116 valence electrons. The lowest BCUT2D eigenvalue weighted by atomic mass is 10.1. The van der Waals surface area contributed by atoms with E-state index in [0.29, 0.717) is 0 Å². The third-order valence-corrected chi connectivity index (χ3v) is 3.91. The van der Waals surface area contributed by atoms with Gasteiger partial charge in [-0.05, 0) is 26.3 Å². The Morgan fingerprint density at radius 3 is 2.59 bits per heavy atom. The minimum Gasteiger partial charge on any atom is -0.361 e. The largest absolute Gasteiger partial charge is 0.361 e. The van der Waals surface area contributed by atoms with Crippen molar-refractivity contribution >= 4 is 16.9 Å². The van der Waals surface area contributed by atoms with Gasteiger partial charge in [-0.1, -0.05) is 6.92 Å². The zero-order chi connectivity index (χ0) is 15.9. The first-order valence-electron chi connectivity index (χ1n) is 7.43. The van der Waals surface area contributed by atoms with Gasteiger partial charge in [0.1, 0.15) is 11.6 Å². The molecule has 0 amide bonds. The van der Waals surface area contributed by atoms with Crippen LogP contribution in [0.1, 0.15) is 36.6 Å². The third-order valence-electron chi connectivity index (χ3n) is 3.91. The summed E-state index contributed by atoms with van der Waals surface area (Å²) in [5, 5.41) is 13.2. The van der Waals surface area contributed by atoms with Crippen LogP contribution >= 0.6 is 0 Å². The highest BCUT2D eigenvalue weighted by molar-refractivity contribution is 5.89. The molecule has 0 saturated heterocycles. The van der Waals surface area contributed by atoms with Gasteiger partial charge in [-0.2, -0.15) is 10.2 Å². The Hall–Kier alpha value is -2.44. The summed E-state index contributed by atoms with van der Waals surface area (Å²) in [5.74, 6) is 1.57. The van der Waals surface area contributed by atoms with E-state index in [-0.39, 0.29) is 6.04 Å². The molecular formula is C15H21N7. The maximum absolute atomic E-state index is 4.60. The lowest BCUT2D eigenvalue weighted by Crippen LogP contribution is -2.15. The van der Waals surface area contributed by atoms with Crippen LogP contribution in [0.3, 0.4) is 0 Å². The maximum atomic E-state index is 4.60. The van der Waals surface area contributed by atoms with Crippen molar-refractivity contribution in [2.24, 2.45) is 14.1 Å². The number of hydrogen-bond donors (Lipinski definition) is 1. The van der Waals surface area contributed by atoms with Gasteiger partial charge in [0.05, 0.1) is 22.8 Å². The highest BCUT2D eigenvalue weighted by atomic mass is 15.3.